The SMILES string of the molecule is CC(C)(C)NC(=O)NC(N)=Nc1cccc(F)c1. The van der Waals surface area contributed by atoms with Crippen molar-refractivity contribution in [2.45, 2.75) is 26.3 Å². The molecule has 0 aliphatic carbocycles. The summed E-state index contributed by atoms with van der Waals surface area (Å²) in [5.41, 5.74) is 5.50. The lowest BCUT2D eigenvalue weighted by Crippen LogP contribution is -2.50. The van der Waals surface area contributed by atoms with Gasteiger partial charge in [0, 0.05) is 5.54 Å². The first-order valence-corrected chi connectivity index (χ1v) is 5.45. The van der Waals surface area contributed by atoms with Gasteiger partial charge in [0.05, 0.1) is 5.69 Å². The van der Waals surface area contributed by atoms with Crippen LogP contribution in [0.4, 0.5) is 14.9 Å². The van der Waals surface area contributed by atoms with E-state index < -0.39 is 11.8 Å². The third-order valence-corrected chi connectivity index (χ3v) is 1.79. The molecule has 0 atom stereocenters. The third-order valence-electron chi connectivity index (χ3n) is 1.79. The van der Waals surface area contributed by atoms with E-state index in [0.717, 1.165) is 0 Å². The fourth-order valence-corrected chi connectivity index (χ4v) is 1.20. The fraction of sp³-hybridized carbons (Fsp3) is 0.333. The maximum Gasteiger partial charge on any atom is 0.321 e. The van der Waals surface area contributed by atoms with Gasteiger partial charge in [0.1, 0.15) is 5.82 Å². The summed E-state index contributed by atoms with van der Waals surface area (Å²) in [6.45, 7) is 5.52. The van der Waals surface area contributed by atoms with Crippen LogP contribution in [0.2, 0.25) is 0 Å². The van der Waals surface area contributed by atoms with Gasteiger partial charge in [0.15, 0.2) is 0 Å². The molecule has 0 aromatic heterocycles. The summed E-state index contributed by atoms with van der Waals surface area (Å²) in [7, 11) is 0. The van der Waals surface area contributed by atoms with Crippen LogP contribution in [0.25, 0.3) is 0 Å². The molecule has 0 spiro atoms. The minimum Gasteiger partial charge on any atom is -0.369 e. The Hall–Kier alpha value is -2.11. The van der Waals surface area contributed by atoms with Crippen LogP contribution in [0.5, 0.6) is 0 Å². The Morgan fingerprint density at radius 2 is 2.06 bits per heavy atom. The number of nitrogens with zero attached hydrogens (tertiary/aromatic N) is 1. The highest BCUT2D eigenvalue weighted by Crippen LogP contribution is 2.12. The van der Waals surface area contributed by atoms with Gasteiger partial charge in [0.25, 0.3) is 0 Å². The Balaban J connectivity index is 2.65. The molecule has 18 heavy (non-hydrogen) atoms. The van der Waals surface area contributed by atoms with Crippen molar-refractivity contribution in [2.75, 3.05) is 0 Å². The monoisotopic (exact) mass is 252 g/mol. The maximum absolute atomic E-state index is 12.9. The molecule has 0 saturated carbocycles. The molecule has 2 amide bonds. The van der Waals surface area contributed by atoms with Crippen LogP contribution in [0.15, 0.2) is 29.3 Å². The van der Waals surface area contributed by atoms with Crippen LogP contribution >= 0.6 is 0 Å². The van der Waals surface area contributed by atoms with Crippen molar-refractivity contribution >= 4 is 17.7 Å². The molecule has 98 valence electrons. The van der Waals surface area contributed by atoms with Gasteiger partial charge in [0.2, 0.25) is 5.96 Å². The molecule has 0 aliphatic heterocycles. The molecule has 0 radical (unpaired) electrons. The summed E-state index contributed by atoms with van der Waals surface area (Å²) in [5, 5.41) is 5.02. The number of benzene rings is 1. The number of nitrogens with one attached hydrogen (secondary N) is 2. The molecule has 0 aliphatic rings. The number of guanidine groups is 1. The first-order chi connectivity index (χ1) is 8.26. The van der Waals surface area contributed by atoms with Gasteiger partial charge in [-0.2, -0.15) is 0 Å². The molecular formula is C12H17FN4O. The summed E-state index contributed by atoms with van der Waals surface area (Å²) in [6, 6.07) is 5.15. The smallest absolute Gasteiger partial charge is 0.321 e. The first kappa shape index (κ1) is 14.0. The number of carbonyl (C=O) groups excluding carboxylic acids is 1. The highest BCUT2D eigenvalue weighted by Gasteiger charge is 2.13. The van der Waals surface area contributed by atoms with Crippen molar-refractivity contribution in [3.8, 4) is 0 Å². The van der Waals surface area contributed by atoms with Crippen molar-refractivity contribution in [3.63, 3.8) is 0 Å². The van der Waals surface area contributed by atoms with E-state index in [1.165, 1.54) is 18.2 Å². The Labute approximate surface area is 105 Å². The molecule has 0 saturated heterocycles. The van der Waals surface area contributed by atoms with Gasteiger partial charge in [-0.1, -0.05) is 6.07 Å². The van der Waals surface area contributed by atoms with Crippen molar-refractivity contribution < 1.29 is 9.18 Å². The second-order valence-electron chi connectivity index (χ2n) is 4.81. The summed E-state index contributed by atoms with van der Waals surface area (Å²) in [6.07, 6.45) is 0. The topological polar surface area (TPSA) is 79.5 Å². The van der Waals surface area contributed by atoms with E-state index in [1.807, 2.05) is 20.8 Å². The van der Waals surface area contributed by atoms with Gasteiger partial charge < -0.3 is 11.1 Å². The number of nitrogens with two attached hydrogens (primary N) is 1. The van der Waals surface area contributed by atoms with Gasteiger partial charge in [-0.15, -0.1) is 0 Å². The summed E-state index contributed by atoms with van der Waals surface area (Å²) in [4.78, 5) is 15.3. The minimum atomic E-state index is -0.458. The molecule has 0 bridgehead atoms. The third kappa shape index (κ3) is 5.29. The molecule has 0 unspecified atom stereocenters. The number of urea groups is 1. The van der Waals surface area contributed by atoms with Gasteiger partial charge in [-0.3, -0.25) is 5.32 Å². The lowest BCUT2D eigenvalue weighted by Gasteiger charge is -2.20. The zero-order valence-corrected chi connectivity index (χ0v) is 10.6. The van der Waals surface area contributed by atoms with E-state index in [1.54, 1.807) is 6.07 Å². The van der Waals surface area contributed by atoms with Crippen molar-refractivity contribution in [1.29, 1.82) is 0 Å². The number of halogens is 1. The molecule has 0 fully saturated rings. The van der Waals surface area contributed by atoms with Crippen LogP contribution in [0.1, 0.15) is 20.8 Å². The second kappa shape index (κ2) is 5.48. The first-order valence-electron chi connectivity index (χ1n) is 5.45. The van der Waals surface area contributed by atoms with Gasteiger partial charge >= 0.3 is 6.03 Å². The number of hydrogen-bond acceptors (Lipinski definition) is 2. The predicted octanol–water partition coefficient (Wildman–Crippen LogP) is 1.87. The standard InChI is InChI=1S/C12H17FN4O/c1-12(2,3)17-11(18)16-10(14)15-9-6-4-5-8(13)7-9/h4-7H,1-3H3,(H4,14,15,16,17,18). The van der Waals surface area contributed by atoms with E-state index in [9.17, 15) is 9.18 Å². The molecular weight excluding hydrogens is 235 g/mol. The Kier molecular flexibility index (Phi) is 4.25. The summed E-state index contributed by atoms with van der Waals surface area (Å²) in [5.74, 6) is -0.509. The van der Waals surface area contributed by atoms with E-state index in [-0.39, 0.29) is 11.5 Å². The summed E-state index contributed by atoms with van der Waals surface area (Å²) >= 11 is 0. The Bertz CT molecular complexity index is 465. The maximum atomic E-state index is 12.9. The van der Waals surface area contributed by atoms with Crippen LogP contribution in [-0.2, 0) is 0 Å². The average Bonchev–Trinajstić information content (AvgIpc) is 2.13. The molecule has 4 N–H and O–H groups in total. The Morgan fingerprint density at radius 3 is 2.61 bits per heavy atom. The zero-order valence-electron chi connectivity index (χ0n) is 10.6. The quantitative estimate of drug-likeness (QED) is 0.527. The highest BCUT2D eigenvalue weighted by atomic mass is 19.1. The van der Waals surface area contributed by atoms with E-state index in [4.69, 9.17) is 5.73 Å². The number of rotatable bonds is 1. The Morgan fingerprint density at radius 1 is 1.39 bits per heavy atom. The number of hydrogen-bond donors (Lipinski definition) is 3. The number of carbonyl (C=O) groups is 1. The van der Waals surface area contributed by atoms with Gasteiger partial charge in [-0.25, -0.2) is 14.2 Å². The second-order valence-corrected chi connectivity index (χ2v) is 4.81. The number of amides is 2. The number of aliphatic imine (C=N–C) groups is 1. The van der Waals surface area contributed by atoms with Crippen LogP contribution in [0.3, 0.4) is 0 Å². The molecule has 1 aromatic carbocycles. The van der Waals surface area contributed by atoms with Crippen molar-refractivity contribution in [3.05, 3.63) is 30.1 Å². The molecule has 0 heterocycles. The van der Waals surface area contributed by atoms with Crippen molar-refractivity contribution in [2.24, 2.45) is 10.7 Å². The normalized spacial score (nSPS) is 12.1. The minimum absolute atomic E-state index is 0.0950. The van der Waals surface area contributed by atoms with Crippen LogP contribution in [-0.4, -0.2) is 17.5 Å². The largest absolute Gasteiger partial charge is 0.369 e. The fourth-order valence-electron chi connectivity index (χ4n) is 1.20. The molecule has 1 aromatic rings. The lowest BCUT2D eigenvalue weighted by atomic mass is 10.1. The molecule has 1 rings (SSSR count). The lowest BCUT2D eigenvalue weighted by molar-refractivity contribution is 0.236. The summed E-state index contributed by atoms with van der Waals surface area (Å²) < 4.78 is 12.9. The molecule has 5 nitrogen and oxygen atoms in total. The average molecular weight is 252 g/mol. The van der Waals surface area contributed by atoms with E-state index in [0.29, 0.717) is 5.69 Å². The highest BCUT2D eigenvalue weighted by molar-refractivity contribution is 5.96. The van der Waals surface area contributed by atoms with E-state index in [2.05, 4.69) is 15.6 Å². The van der Waals surface area contributed by atoms with Crippen LogP contribution < -0.4 is 16.4 Å². The van der Waals surface area contributed by atoms with Crippen molar-refractivity contribution in [1.82, 2.24) is 10.6 Å². The predicted molar refractivity (Wildman–Crippen MR) is 69.1 cm³/mol. The molecule has 6 heteroatoms. The van der Waals surface area contributed by atoms with Gasteiger partial charge in [-0.05, 0) is 39.0 Å². The zero-order chi connectivity index (χ0) is 13.8. The van der Waals surface area contributed by atoms with E-state index >= 15 is 0 Å². The van der Waals surface area contributed by atoms with Crippen LogP contribution in [0, 0.1) is 5.82 Å².